The van der Waals surface area contributed by atoms with Gasteiger partial charge in [0.2, 0.25) is 0 Å². The zero-order chi connectivity index (χ0) is 10.2. The van der Waals surface area contributed by atoms with Gasteiger partial charge in [-0.3, -0.25) is 0 Å². The summed E-state index contributed by atoms with van der Waals surface area (Å²) in [5.41, 5.74) is 0. The van der Waals surface area contributed by atoms with E-state index in [9.17, 15) is 0 Å². The molecule has 1 rings (SSSR count). The molecule has 84 valence electrons. The van der Waals surface area contributed by atoms with Crippen LogP contribution in [0.3, 0.4) is 0 Å². The predicted molar refractivity (Wildman–Crippen MR) is 64.0 cm³/mol. The van der Waals surface area contributed by atoms with Crippen molar-refractivity contribution in [1.82, 2.24) is 5.32 Å². The lowest BCUT2D eigenvalue weighted by Crippen LogP contribution is -2.31. The van der Waals surface area contributed by atoms with Gasteiger partial charge >= 0.3 is 0 Å². The molecule has 1 unspecified atom stereocenters. The molecule has 0 heterocycles. The smallest absolute Gasteiger partial charge is 0.0249 e. The van der Waals surface area contributed by atoms with Gasteiger partial charge in [-0.1, -0.05) is 26.2 Å². The van der Waals surface area contributed by atoms with Gasteiger partial charge in [0.1, 0.15) is 0 Å². The SMILES string of the molecule is CC(CCl)CCCNC1CCCCC1. The first-order valence-electron chi connectivity index (χ1n) is 6.12. The van der Waals surface area contributed by atoms with Gasteiger partial charge in [-0.15, -0.1) is 11.6 Å². The molecule has 0 aliphatic heterocycles. The fourth-order valence-corrected chi connectivity index (χ4v) is 2.29. The van der Waals surface area contributed by atoms with E-state index >= 15 is 0 Å². The Balaban J connectivity index is 1.92. The minimum atomic E-state index is 0.685. The van der Waals surface area contributed by atoms with Crippen molar-refractivity contribution in [2.75, 3.05) is 12.4 Å². The maximum absolute atomic E-state index is 5.76. The van der Waals surface area contributed by atoms with Crippen LogP contribution < -0.4 is 5.32 Å². The minimum absolute atomic E-state index is 0.685. The van der Waals surface area contributed by atoms with Gasteiger partial charge in [0, 0.05) is 11.9 Å². The first kappa shape index (κ1) is 12.3. The first-order valence-corrected chi connectivity index (χ1v) is 6.65. The number of nitrogens with one attached hydrogen (secondary N) is 1. The van der Waals surface area contributed by atoms with Crippen LogP contribution in [0.2, 0.25) is 0 Å². The maximum Gasteiger partial charge on any atom is 0.0249 e. The highest BCUT2D eigenvalue weighted by molar-refractivity contribution is 6.18. The molecule has 1 saturated carbocycles. The fraction of sp³-hybridized carbons (Fsp3) is 1.00. The third-order valence-electron chi connectivity index (χ3n) is 3.18. The summed E-state index contributed by atoms with van der Waals surface area (Å²) < 4.78 is 0. The molecular weight excluding hydrogens is 194 g/mol. The molecule has 0 amide bonds. The second-order valence-electron chi connectivity index (χ2n) is 4.69. The van der Waals surface area contributed by atoms with Crippen LogP contribution in [-0.2, 0) is 0 Å². The zero-order valence-electron chi connectivity index (χ0n) is 9.40. The van der Waals surface area contributed by atoms with Crippen LogP contribution >= 0.6 is 11.6 Å². The van der Waals surface area contributed by atoms with E-state index in [1.807, 2.05) is 0 Å². The van der Waals surface area contributed by atoms with Crippen LogP contribution in [0.1, 0.15) is 51.9 Å². The summed E-state index contributed by atoms with van der Waals surface area (Å²) in [6, 6.07) is 0.815. The van der Waals surface area contributed by atoms with Gasteiger partial charge in [-0.2, -0.15) is 0 Å². The van der Waals surface area contributed by atoms with E-state index in [4.69, 9.17) is 11.6 Å². The summed E-state index contributed by atoms with van der Waals surface area (Å²) in [4.78, 5) is 0. The first-order chi connectivity index (χ1) is 6.83. The quantitative estimate of drug-likeness (QED) is 0.530. The van der Waals surface area contributed by atoms with Crippen molar-refractivity contribution in [3.8, 4) is 0 Å². The molecule has 0 radical (unpaired) electrons. The van der Waals surface area contributed by atoms with E-state index < -0.39 is 0 Å². The van der Waals surface area contributed by atoms with Crippen molar-refractivity contribution in [2.45, 2.75) is 57.9 Å². The van der Waals surface area contributed by atoms with E-state index in [0.29, 0.717) is 5.92 Å². The van der Waals surface area contributed by atoms with Gasteiger partial charge in [0.25, 0.3) is 0 Å². The molecule has 1 atom stereocenters. The van der Waals surface area contributed by atoms with Crippen molar-refractivity contribution < 1.29 is 0 Å². The van der Waals surface area contributed by atoms with E-state index in [2.05, 4.69) is 12.2 Å². The summed E-state index contributed by atoms with van der Waals surface area (Å²) in [7, 11) is 0. The monoisotopic (exact) mass is 217 g/mol. The second kappa shape index (κ2) is 7.53. The molecule has 0 saturated heterocycles. The number of hydrogen-bond donors (Lipinski definition) is 1. The van der Waals surface area contributed by atoms with Gasteiger partial charge in [-0.05, 0) is 38.1 Å². The van der Waals surface area contributed by atoms with Crippen LogP contribution in [0, 0.1) is 5.92 Å². The van der Waals surface area contributed by atoms with E-state index in [0.717, 1.165) is 11.9 Å². The lowest BCUT2D eigenvalue weighted by Gasteiger charge is -2.23. The summed E-state index contributed by atoms with van der Waals surface area (Å²) in [5.74, 6) is 1.49. The topological polar surface area (TPSA) is 12.0 Å². The van der Waals surface area contributed by atoms with Gasteiger partial charge in [0.05, 0.1) is 0 Å². The zero-order valence-corrected chi connectivity index (χ0v) is 10.2. The fourth-order valence-electron chi connectivity index (χ4n) is 2.14. The molecule has 0 aromatic carbocycles. The third-order valence-corrected chi connectivity index (χ3v) is 3.70. The summed E-state index contributed by atoms with van der Waals surface area (Å²) in [5, 5.41) is 3.66. The summed E-state index contributed by atoms with van der Waals surface area (Å²) in [6.45, 7) is 3.42. The minimum Gasteiger partial charge on any atom is -0.314 e. The summed E-state index contributed by atoms with van der Waals surface area (Å²) in [6.07, 6.45) is 9.64. The van der Waals surface area contributed by atoms with E-state index in [-0.39, 0.29) is 0 Å². The van der Waals surface area contributed by atoms with Gasteiger partial charge in [0.15, 0.2) is 0 Å². The van der Waals surface area contributed by atoms with Crippen LogP contribution in [0.15, 0.2) is 0 Å². The van der Waals surface area contributed by atoms with E-state index in [1.165, 1.54) is 51.5 Å². The lowest BCUT2D eigenvalue weighted by atomic mass is 9.95. The highest BCUT2D eigenvalue weighted by Crippen LogP contribution is 2.17. The van der Waals surface area contributed by atoms with Crippen molar-refractivity contribution in [3.63, 3.8) is 0 Å². The normalized spacial score (nSPS) is 21.0. The molecular formula is C12H24ClN. The largest absolute Gasteiger partial charge is 0.314 e. The number of halogens is 1. The molecule has 1 aliphatic rings. The number of alkyl halides is 1. The van der Waals surface area contributed by atoms with Gasteiger partial charge in [-0.25, -0.2) is 0 Å². The molecule has 1 aliphatic carbocycles. The third kappa shape index (κ3) is 5.21. The molecule has 2 heteroatoms. The Hall–Kier alpha value is 0.250. The Morgan fingerprint density at radius 3 is 2.64 bits per heavy atom. The molecule has 0 aromatic rings. The van der Waals surface area contributed by atoms with Gasteiger partial charge < -0.3 is 5.32 Å². The highest BCUT2D eigenvalue weighted by Gasteiger charge is 2.11. The Labute approximate surface area is 93.6 Å². The molecule has 1 nitrogen and oxygen atoms in total. The predicted octanol–water partition coefficient (Wildman–Crippen LogP) is 3.56. The van der Waals surface area contributed by atoms with E-state index in [1.54, 1.807) is 0 Å². The van der Waals surface area contributed by atoms with Crippen molar-refractivity contribution in [1.29, 1.82) is 0 Å². The molecule has 1 N–H and O–H groups in total. The standard InChI is InChI=1S/C12H24ClN/c1-11(10-13)6-5-9-14-12-7-3-2-4-8-12/h11-12,14H,2-10H2,1H3. The molecule has 0 aromatic heterocycles. The Morgan fingerprint density at radius 1 is 1.29 bits per heavy atom. The Bertz CT molecular complexity index is 132. The van der Waals surface area contributed by atoms with Crippen LogP contribution in [-0.4, -0.2) is 18.5 Å². The number of hydrogen-bond acceptors (Lipinski definition) is 1. The molecule has 0 bridgehead atoms. The Morgan fingerprint density at radius 2 is 2.00 bits per heavy atom. The maximum atomic E-state index is 5.76. The average molecular weight is 218 g/mol. The van der Waals surface area contributed by atoms with Crippen molar-refractivity contribution >= 4 is 11.6 Å². The summed E-state index contributed by atoms with van der Waals surface area (Å²) >= 11 is 5.76. The molecule has 0 spiro atoms. The Kier molecular flexibility index (Phi) is 6.63. The number of rotatable bonds is 6. The second-order valence-corrected chi connectivity index (χ2v) is 5.00. The molecule has 1 fully saturated rings. The van der Waals surface area contributed by atoms with Crippen LogP contribution in [0.5, 0.6) is 0 Å². The lowest BCUT2D eigenvalue weighted by molar-refractivity contribution is 0.367. The molecule has 14 heavy (non-hydrogen) atoms. The van der Waals surface area contributed by atoms with Crippen LogP contribution in [0.25, 0.3) is 0 Å². The average Bonchev–Trinajstić information content (AvgIpc) is 2.25. The highest BCUT2D eigenvalue weighted by atomic mass is 35.5. The van der Waals surface area contributed by atoms with Crippen molar-refractivity contribution in [3.05, 3.63) is 0 Å². The van der Waals surface area contributed by atoms with Crippen molar-refractivity contribution in [2.24, 2.45) is 5.92 Å². The van der Waals surface area contributed by atoms with Crippen LogP contribution in [0.4, 0.5) is 0 Å².